The lowest BCUT2D eigenvalue weighted by molar-refractivity contribution is 0.977. The zero-order valence-electron chi connectivity index (χ0n) is 22.5. The van der Waals surface area contributed by atoms with Crippen LogP contribution in [0.2, 0.25) is 0 Å². The molecule has 0 saturated heterocycles. The molecule has 0 radical (unpaired) electrons. The molecule has 0 amide bonds. The molecule has 0 bridgehead atoms. The number of aromatic nitrogens is 4. The Morgan fingerprint density at radius 3 is 1.74 bits per heavy atom. The molecule has 0 saturated carbocycles. The zero-order chi connectivity index (χ0) is 27.4. The molecule has 194 valence electrons. The molecule has 0 spiro atoms. The van der Waals surface area contributed by atoms with E-state index in [0.29, 0.717) is 0 Å². The maximum absolute atomic E-state index is 4.98. The van der Waals surface area contributed by atoms with Crippen molar-refractivity contribution in [1.29, 1.82) is 0 Å². The number of hydrogen-bond donors (Lipinski definition) is 0. The van der Waals surface area contributed by atoms with Crippen molar-refractivity contribution in [2.45, 2.75) is 0 Å². The maximum Gasteiger partial charge on any atom is 0.168 e. The van der Waals surface area contributed by atoms with Gasteiger partial charge in [-0.3, -0.25) is 4.57 Å². The van der Waals surface area contributed by atoms with Crippen LogP contribution < -0.4 is 0 Å². The maximum atomic E-state index is 4.98. The lowest BCUT2D eigenvalue weighted by Crippen LogP contribution is -2.02. The number of fused-ring (bicyclic) bond motifs is 11. The van der Waals surface area contributed by atoms with Crippen LogP contribution in [0.1, 0.15) is 0 Å². The van der Waals surface area contributed by atoms with Gasteiger partial charge in [0.15, 0.2) is 5.82 Å². The van der Waals surface area contributed by atoms with Gasteiger partial charge < -0.3 is 4.40 Å². The van der Waals surface area contributed by atoms with Crippen molar-refractivity contribution in [2.75, 3.05) is 0 Å². The van der Waals surface area contributed by atoms with E-state index in [-0.39, 0.29) is 0 Å². The van der Waals surface area contributed by atoms with Gasteiger partial charge in [-0.15, -0.1) is 10.2 Å². The Labute approximate surface area is 240 Å². The third-order valence-corrected chi connectivity index (χ3v) is 8.93. The van der Waals surface area contributed by atoms with Crippen LogP contribution >= 0.6 is 0 Å². The first-order valence-electron chi connectivity index (χ1n) is 14.3. The van der Waals surface area contributed by atoms with Crippen LogP contribution in [0.25, 0.3) is 87.7 Å². The number of benzene rings is 6. The second kappa shape index (κ2) is 7.93. The van der Waals surface area contributed by atoms with E-state index in [4.69, 9.17) is 10.2 Å². The lowest BCUT2D eigenvalue weighted by atomic mass is 10.0. The molecular weight excluding hydrogens is 512 g/mol. The number of hydrogen-bond acceptors (Lipinski definition) is 2. The third kappa shape index (κ3) is 2.66. The van der Waals surface area contributed by atoms with Crippen LogP contribution in [0, 0.1) is 0 Å². The van der Waals surface area contributed by atoms with Gasteiger partial charge in [0.25, 0.3) is 0 Å². The van der Waals surface area contributed by atoms with Gasteiger partial charge >= 0.3 is 0 Å². The third-order valence-electron chi connectivity index (χ3n) is 8.93. The van der Waals surface area contributed by atoms with Crippen LogP contribution in [-0.2, 0) is 0 Å². The van der Waals surface area contributed by atoms with Gasteiger partial charge in [0.05, 0.1) is 27.6 Å². The van der Waals surface area contributed by atoms with Gasteiger partial charge in [-0.2, -0.15) is 0 Å². The number of rotatable bonds is 2. The summed E-state index contributed by atoms with van der Waals surface area (Å²) in [4.78, 5) is 0. The van der Waals surface area contributed by atoms with Gasteiger partial charge in [-0.05, 0) is 24.3 Å². The molecule has 4 heterocycles. The van der Waals surface area contributed by atoms with Crippen molar-refractivity contribution in [2.24, 2.45) is 0 Å². The molecule has 4 aromatic heterocycles. The monoisotopic (exact) mass is 534 g/mol. The van der Waals surface area contributed by atoms with Crippen LogP contribution in [0.5, 0.6) is 0 Å². The fourth-order valence-corrected chi connectivity index (χ4v) is 7.26. The van der Waals surface area contributed by atoms with Crippen LogP contribution in [0.4, 0.5) is 0 Å². The molecule has 0 aliphatic rings. The molecule has 0 unspecified atom stereocenters. The van der Waals surface area contributed by atoms with E-state index < -0.39 is 0 Å². The molecule has 4 nitrogen and oxygen atoms in total. The highest BCUT2D eigenvalue weighted by atomic mass is 15.2. The minimum atomic E-state index is 0.845. The molecule has 0 aliphatic carbocycles. The number of para-hydroxylation sites is 3. The molecule has 4 heteroatoms. The van der Waals surface area contributed by atoms with Gasteiger partial charge in [0.2, 0.25) is 0 Å². The molecule has 42 heavy (non-hydrogen) atoms. The summed E-state index contributed by atoms with van der Waals surface area (Å²) in [6.07, 6.45) is 0. The fraction of sp³-hybridized carbons (Fsp3) is 0. The van der Waals surface area contributed by atoms with Gasteiger partial charge in [-0.1, -0.05) is 109 Å². The normalized spacial score (nSPS) is 12.3. The van der Waals surface area contributed by atoms with Crippen molar-refractivity contribution in [3.8, 4) is 17.1 Å². The van der Waals surface area contributed by atoms with E-state index >= 15 is 0 Å². The summed E-state index contributed by atoms with van der Waals surface area (Å²) in [5.74, 6) is 0.845. The first-order valence-corrected chi connectivity index (χ1v) is 14.3. The SMILES string of the molecule is c1ccc(-c2nnc(-n3c4ccccc4c4c5c6ccccc6n6c7ccccc7c(cc43)c56)c3ccccc23)cc1. The second-order valence-corrected chi connectivity index (χ2v) is 11.0. The predicted molar refractivity (Wildman–Crippen MR) is 174 cm³/mol. The van der Waals surface area contributed by atoms with Crippen molar-refractivity contribution in [1.82, 2.24) is 19.2 Å². The van der Waals surface area contributed by atoms with E-state index in [2.05, 4.69) is 136 Å². The van der Waals surface area contributed by atoms with E-state index in [9.17, 15) is 0 Å². The van der Waals surface area contributed by atoms with Gasteiger partial charge in [0, 0.05) is 48.7 Å². The molecular formula is C38H22N4. The average Bonchev–Trinajstić information content (AvgIpc) is 3.69. The van der Waals surface area contributed by atoms with Crippen LogP contribution in [-0.4, -0.2) is 19.2 Å². The van der Waals surface area contributed by atoms with E-state index in [1.54, 1.807) is 0 Å². The van der Waals surface area contributed by atoms with Crippen LogP contribution in [0.15, 0.2) is 133 Å². The Morgan fingerprint density at radius 1 is 0.405 bits per heavy atom. The Morgan fingerprint density at radius 2 is 0.976 bits per heavy atom. The highest BCUT2D eigenvalue weighted by Crippen LogP contribution is 2.46. The largest absolute Gasteiger partial charge is 0.308 e. The smallest absolute Gasteiger partial charge is 0.168 e. The Bertz CT molecular complexity index is 2680. The van der Waals surface area contributed by atoms with E-state index in [0.717, 1.165) is 38.9 Å². The quantitative estimate of drug-likeness (QED) is 0.221. The number of nitrogens with zero attached hydrogens (tertiary/aromatic N) is 4. The highest BCUT2D eigenvalue weighted by Gasteiger charge is 2.25. The van der Waals surface area contributed by atoms with Gasteiger partial charge in [-0.25, -0.2) is 0 Å². The summed E-state index contributed by atoms with van der Waals surface area (Å²) >= 11 is 0. The predicted octanol–water partition coefficient (Wildman–Crippen LogP) is 9.54. The van der Waals surface area contributed by atoms with Crippen molar-refractivity contribution >= 4 is 70.7 Å². The lowest BCUT2D eigenvalue weighted by Gasteiger charge is -2.12. The van der Waals surface area contributed by atoms with Crippen molar-refractivity contribution < 1.29 is 0 Å². The van der Waals surface area contributed by atoms with Crippen molar-refractivity contribution in [3.05, 3.63) is 133 Å². The fourth-order valence-electron chi connectivity index (χ4n) is 7.26. The summed E-state index contributed by atoms with van der Waals surface area (Å²) in [5.41, 5.74) is 7.99. The molecule has 0 aliphatic heterocycles. The minimum absolute atomic E-state index is 0.845. The summed E-state index contributed by atoms with van der Waals surface area (Å²) < 4.78 is 4.78. The molecule has 0 fully saturated rings. The summed E-state index contributed by atoms with van der Waals surface area (Å²) in [6.45, 7) is 0. The first kappa shape index (κ1) is 22.0. The Hall–Kier alpha value is -5.74. The molecule has 10 aromatic rings. The minimum Gasteiger partial charge on any atom is -0.308 e. The molecule has 6 aromatic carbocycles. The Balaban J connectivity index is 1.44. The molecule has 0 atom stereocenters. The highest BCUT2D eigenvalue weighted by molar-refractivity contribution is 6.35. The summed E-state index contributed by atoms with van der Waals surface area (Å²) in [7, 11) is 0. The van der Waals surface area contributed by atoms with Crippen LogP contribution in [0.3, 0.4) is 0 Å². The Kier molecular flexibility index (Phi) is 4.15. The van der Waals surface area contributed by atoms with E-state index in [1.807, 2.05) is 6.07 Å². The van der Waals surface area contributed by atoms with Gasteiger partial charge in [0.1, 0.15) is 5.69 Å². The second-order valence-electron chi connectivity index (χ2n) is 11.0. The van der Waals surface area contributed by atoms with E-state index in [1.165, 1.54) is 48.9 Å². The average molecular weight is 535 g/mol. The summed E-state index contributed by atoms with van der Waals surface area (Å²) in [5, 5.41) is 19.6. The standard InChI is InChI=1S/C38H22N4/c1-2-12-23(13-3-1)36-25-15-4-5-16-26(25)38(40-39-36)42-32-21-11-7-17-27(32)34-33(42)22-29-24-14-6-9-19-30(24)41-31-20-10-8-18-28(31)35(34)37(29)41/h1-22H. The zero-order valence-corrected chi connectivity index (χ0v) is 22.5. The van der Waals surface area contributed by atoms with Crippen molar-refractivity contribution in [3.63, 3.8) is 0 Å². The first-order chi connectivity index (χ1) is 20.9. The topological polar surface area (TPSA) is 35.1 Å². The molecule has 0 N–H and O–H groups in total. The molecule has 10 rings (SSSR count). The summed E-state index contributed by atoms with van der Waals surface area (Å²) in [6, 6.07) is 47.5.